The number of hydrogen-bond donors (Lipinski definition) is 1. The average Bonchev–Trinajstić information content (AvgIpc) is 2.34. The fourth-order valence-corrected chi connectivity index (χ4v) is 1.54. The monoisotopic (exact) mass is 249 g/mol. The van der Waals surface area contributed by atoms with E-state index in [0.717, 1.165) is 0 Å². The van der Waals surface area contributed by atoms with Gasteiger partial charge in [-0.1, -0.05) is 12.1 Å². The number of nitrogens with one attached hydrogen (secondary N) is 1. The highest BCUT2D eigenvalue weighted by Crippen LogP contribution is 2.30. The molecular formula is C12H15N3O3. The SMILES string of the molecule is CNC(C#N)CCOc1cccc(C)c1[N+](=O)[O-]. The summed E-state index contributed by atoms with van der Waals surface area (Å²) >= 11 is 0. The van der Waals surface area contributed by atoms with Crippen molar-refractivity contribution in [2.24, 2.45) is 0 Å². The van der Waals surface area contributed by atoms with Gasteiger partial charge in [0.05, 0.1) is 23.6 Å². The van der Waals surface area contributed by atoms with Gasteiger partial charge in [-0.15, -0.1) is 0 Å². The lowest BCUT2D eigenvalue weighted by Gasteiger charge is -2.10. The smallest absolute Gasteiger partial charge is 0.313 e. The third kappa shape index (κ3) is 3.43. The number of nitrogens with zero attached hydrogens (tertiary/aromatic N) is 2. The van der Waals surface area contributed by atoms with Crippen LogP contribution in [0.5, 0.6) is 5.75 Å². The van der Waals surface area contributed by atoms with Crippen molar-refractivity contribution < 1.29 is 9.66 Å². The van der Waals surface area contributed by atoms with Crippen LogP contribution in [0.25, 0.3) is 0 Å². The van der Waals surface area contributed by atoms with Crippen molar-refractivity contribution in [3.63, 3.8) is 0 Å². The number of para-hydroxylation sites is 1. The molecule has 0 saturated heterocycles. The molecule has 0 heterocycles. The first-order valence-corrected chi connectivity index (χ1v) is 5.53. The Kier molecular flexibility index (Phi) is 5.08. The fraction of sp³-hybridized carbons (Fsp3) is 0.417. The molecule has 0 aromatic heterocycles. The minimum absolute atomic E-state index is 0.0181. The van der Waals surface area contributed by atoms with Gasteiger partial charge in [-0.25, -0.2) is 0 Å². The molecule has 0 aliphatic carbocycles. The van der Waals surface area contributed by atoms with Gasteiger partial charge in [-0.2, -0.15) is 5.26 Å². The molecule has 0 aliphatic rings. The van der Waals surface area contributed by atoms with Crippen LogP contribution >= 0.6 is 0 Å². The second kappa shape index (κ2) is 6.57. The third-order valence-electron chi connectivity index (χ3n) is 2.55. The molecule has 0 amide bonds. The van der Waals surface area contributed by atoms with E-state index in [0.29, 0.717) is 12.0 Å². The second-order valence-electron chi connectivity index (χ2n) is 3.79. The summed E-state index contributed by atoms with van der Waals surface area (Å²) in [6, 6.07) is 6.68. The number of rotatable bonds is 6. The number of hydrogen-bond acceptors (Lipinski definition) is 5. The molecule has 1 rings (SSSR count). The Bertz CT molecular complexity index is 468. The Balaban J connectivity index is 2.71. The van der Waals surface area contributed by atoms with Gasteiger partial charge < -0.3 is 10.1 Å². The number of aryl methyl sites for hydroxylation is 1. The van der Waals surface area contributed by atoms with Crippen LogP contribution in [0.3, 0.4) is 0 Å². The van der Waals surface area contributed by atoms with Gasteiger partial charge in [0.15, 0.2) is 5.75 Å². The number of nitriles is 1. The molecule has 1 unspecified atom stereocenters. The highest BCUT2D eigenvalue weighted by Gasteiger charge is 2.18. The van der Waals surface area contributed by atoms with Crippen molar-refractivity contribution in [1.82, 2.24) is 5.32 Å². The van der Waals surface area contributed by atoms with Gasteiger partial charge in [-0.3, -0.25) is 10.1 Å². The summed E-state index contributed by atoms with van der Waals surface area (Å²) in [5.74, 6) is 0.243. The summed E-state index contributed by atoms with van der Waals surface area (Å²) in [5, 5.41) is 22.5. The molecule has 18 heavy (non-hydrogen) atoms. The highest BCUT2D eigenvalue weighted by atomic mass is 16.6. The zero-order valence-electron chi connectivity index (χ0n) is 10.3. The molecule has 1 aromatic carbocycles. The average molecular weight is 249 g/mol. The van der Waals surface area contributed by atoms with E-state index in [2.05, 4.69) is 11.4 Å². The van der Waals surface area contributed by atoms with Crippen LogP contribution in [0.4, 0.5) is 5.69 Å². The fourth-order valence-electron chi connectivity index (χ4n) is 1.54. The summed E-state index contributed by atoms with van der Waals surface area (Å²) in [4.78, 5) is 10.5. The van der Waals surface area contributed by atoms with E-state index in [9.17, 15) is 10.1 Å². The molecule has 1 atom stereocenters. The van der Waals surface area contributed by atoms with Gasteiger partial charge in [0, 0.05) is 12.0 Å². The van der Waals surface area contributed by atoms with Gasteiger partial charge in [0.25, 0.3) is 0 Å². The number of benzene rings is 1. The Labute approximate surface area is 105 Å². The normalized spacial score (nSPS) is 11.6. The third-order valence-corrected chi connectivity index (χ3v) is 2.55. The lowest BCUT2D eigenvalue weighted by atomic mass is 10.2. The highest BCUT2D eigenvalue weighted by molar-refractivity contribution is 5.51. The van der Waals surface area contributed by atoms with E-state index in [1.54, 1.807) is 32.2 Å². The summed E-state index contributed by atoms with van der Waals surface area (Å²) < 4.78 is 5.38. The van der Waals surface area contributed by atoms with Crippen LogP contribution in [0, 0.1) is 28.4 Å². The van der Waals surface area contributed by atoms with Crippen LogP contribution in [-0.2, 0) is 0 Å². The maximum absolute atomic E-state index is 10.9. The lowest BCUT2D eigenvalue weighted by Crippen LogP contribution is -2.25. The van der Waals surface area contributed by atoms with E-state index < -0.39 is 4.92 Å². The van der Waals surface area contributed by atoms with E-state index in [4.69, 9.17) is 10.00 Å². The molecule has 6 heteroatoms. The van der Waals surface area contributed by atoms with E-state index in [1.807, 2.05) is 0 Å². The number of nitro benzene ring substituents is 1. The minimum atomic E-state index is -0.454. The van der Waals surface area contributed by atoms with E-state index >= 15 is 0 Å². The number of ether oxygens (including phenoxy) is 1. The molecule has 6 nitrogen and oxygen atoms in total. The Morgan fingerprint density at radius 3 is 2.89 bits per heavy atom. The van der Waals surface area contributed by atoms with Crippen molar-refractivity contribution in [2.45, 2.75) is 19.4 Å². The maximum Gasteiger partial charge on any atom is 0.313 e. The first-order chi connectivity index (χ1) is 8.60. The van der Waals surface area contributed by atoms with Crippen LogP contribution in [0.2, 0.25) is 0 Å². The molecular weight excluding hydrogens is 234 g/mol. The quantitative estimate of drug-likeness (QED) is 0.613. The first-order valence-electron chi connectivity index (χ1n) is 5.53. The largest absolute Gasteiger partial charge is 0.487 e. The van der Waals surface area contributed by atoms with Crippen LogP contribution in [0.15, 0.2) is 18.2 Å². The van der Waals surface area contributed by atoms with Crippen molar-refractivity contribution >= 4 is 5.69 Å². The molecule has 1 aromatic rings. The van der Waals surface area contributed by atoms with Crippen molar-refractivity contribution in [1.29, 1.82) is 5.26 Å². The molecule has 1 N–H and O–H groups in total. The lowest BCUT2D eigenvalue weighted by molar-refractivity contribution is -0.386. The van der Waals surface area contributed by atoms with Gasteiger partial charge in [0.2, 0.25) is 0 Å². The van der Waals surface area contributed by atoms with E-state index in [-0.39, 0.29) is 24.1 Å². The molecule has 0 radical (unpaired) electrons. The molecule has 0 bridgehead atoms. The predicted octanol–water partition coefficient (Wildman–Crippen LogP) is 1.78. The van der Waals surface area contributed by atoms with Gasteiger partial charge in [0.1, 0.15) is 0 Å². The Morgan fingerprint density at radius 2 is 2.33 bits per heavy atom. The van der Waals surface area contributed by atoms with Gasteiger partial charge in [-0.05, 0) is 20.0 Å². The molecule has 0 aliphatic heterocycles. The van der Waals surface area contributed by atoms with Crippen LogP contribution in [0.1, 0.15) is 12.0 Å². The van der Waals surface area contributed by atoms with Crippen molar-refractivity contribution in [3.05, 3.63) is 33.9 Å². The minimum Gasteiger partial charge on any atom is -0.487 e. The van der Waals surface area contributed by atoms with Gasteiger partial charge >= 0.3 is 5.69 Å². The molecule has 0 spiro atoms. The molecule has 0 fully saturated rings. The molecule has 96 valence electrons. The zero-order valence-corrected chi connectivity index (χ0v) is 10.3. The van der Waals surface area contributed by atoms with E-state index in [1.165, 1.54) is 0 Å². The topological polar surface area (TPSA) is 88.2 Å². The van der Waals surface area contributed by atoms with Crippen molar-refractivity contribution in [3.8, 4) is 11.8 Å². The standard InChI is InChI=1S/C12H15N3O3/c1-9-4-3-5-11(12(9)15(16)17)18-7-6-10(8-13)14-2/h3-5,10,14H,6-7H2,1-2H3. The Morgan fingerprint density at radius 1 is 1.61 bits per heavy atom. The summed E-state index contributed by atoms with van der Waals surface area (Å²) in [6.45, 7) is 1.92. The zero-order chi connectivity index (χ0) is 13.5. The first kappa shape index (κ1) is 13.9. The summed E-state index contributed by atoms with van der Waals surface area (Å²) in [7, 11) is 1.68. The number of nitro groups is 1. The van der Waals surface area contributed by atoms with Crippen LogP contribution in [-0.4, -0.2) is 24.6 Å². The summed E-state index contributed by atoms with van der Waals surface area (Å²) in [6.07, 6.45) is 0.470. The maximum atomic E-state index is 10.9. The van der Waals surface area contributed by atoms with Crippen molar-refractivity contribution in [2.75, 3.05) is 13.7 Å². The Hall–Kier alpha value is -2.13. The molecule has 0 saturated carbocycles. The van der Waals surface area contributed by atoms with Crippen LogP contribution < -0.4 is 10.1 Å². The summed E-state index contributed by atoms with van der Waals surface area (Å²) in [5.41, 5.74) is 0.540. The second-order valence-corrected chi connectivity index (χ2v) is 3.79. The predicted molar refractivity (Wildman–Crippen MR) is 66.4 cm³/mol.